The van der Waals surface area contributed by atoms with Crippen LogP contribution in [0.25, 0.3) is 0 Å². The van der Waals surface area contributed by atoms with E-state index in [0.717, 1.165) is 122 Å². The summed E-state index contributed by atoms with van der Waals surface area (Å²) in [5.74, 6) is -0.872. The van der Waals surface area contributed by atoms with Crippen LogP contribution in [0, 0.1) is 0 Å². The number of hydrogen-bond donors (Lipinski definition) is 0. The number of allylic oxidation sites excluding steroid dienone is 16. The van der Waals surface area contributed by atoms with Crippen molar-refractivity contribution in [3.8, 4) is 0 Å². The van der Waals surface area contributed by atoms with Crippen molar-refractivity contribution in [1.29, 1.82) is 0 Å². The molecule has 83 heavy (non-hydrogen) atoms. The third-order valence-electron chi connectivity index (χ3n) is 15.6. The first-order valence-corrected chi connectivity index (χ1v) is 35.7. The topological polar surface area (TPSA) is 78.9 Å². The molecule has 1 atom stereocenters. The molecule has 6 heteroatoms. The van der Waals surface area contributed by atoms with Crippen molar-refractivity contribution in [2.75, 3.05) is 13.2 Å². The molecule has 0 radical (unpaired) electrons. The SMILES string of the molecule is CC/C=C\C/C=C\C/C=C\C/C=C\C/C=C\C/C=C\CCCCCCCCCCCCCCCCCCC(=O)OCC(COC(=O)CCCCCCCCCCCCCCCCC)OC(=O)CCCCCCC/C=C\C/C=C\CCCCC. The number of esters is 3. The maximum Gasteiger partial charge on any atom is 0.306 e. The lowest BCUT2D eigenvalue weighted by atomic mass is 10.0. The minimum Gasteiger partial charge on any atom is -0.462 e. The van der Waals surface area contributed by atoms with E-state index >= 15 is 0 Å². The predicted octanol–water partition coefficient (Wildman–Crippen LogP) is 24.8. The lowest BCUT2D eigenvalue weighted by molar-refractivity contribution is -0.167. The van der Waals surface area contributed by atoms with Crippen LogP contribution in [0.3, 0.4) is 0 Å². The van der Waals surface area contributed by atoms with Crippen LogP contribution in [0.4, 0.5) is 0 Å². The summed E-state index contributed by atoms with van der Waals surface area (Å²) in [6, 6.07) is 0. The summed E-state index contributed by atoms with van der Waals surface area (Å²) in [4.78, 5) is 38.4. The van der Waals surface area contributed by atoms with E-state index in [1.54, 1.807) is 0 Å². The third kappa shape index (κ3) is 69.0. The van der Waals surface area contributed by atoms with Crippen LogP contribution in [0.15, 0.2) is 97.2 Å². The van der Waals surface area contributed by atoms with E-state index in [-0.39, 0.29) is 31.1 Å². The molecule has 0 aromatic carbocycles. The molecule has 478 valence electrons. The predicted molar refractivity (Wildman–Crippen MR) is 362 cm³/mol. The first kappa shape index (κ1) is 79.3. The second kappa shape index (κ2) is 70.8. The maximum absolute atomic E-state index is 12.9. The molecule has 6 nitrogen and oxygen atoms in total. The first-order chi connectivity index (χ1) is 41.0. The highest BCUT2D eigenvalue weighted by molar-refractivity contribution is 5.71. The number of unbranched alkanes of at least 4 members (excludes halogenated alkanes) is 38. The summed E-state index contributed by atoms with van der Waals surface area (Å²) in [7, 11) is 0. The minimum atomic E-state index is -0.782. The molecular formula is C77H134O6. The van der Waals surface area contributed by atoms with Crippen LogP contribution in [-0.4, -0.2) is 37.2 Å². The van der Waals surface area contributed by atoms with Crippen LogP contribution in [0.2, 0.25) is 0 Å². The minimum absolute atomic E-state index is 0.0773. The van der Waals surface area contributed by atoms with Gasteiger partial charge in [0.05, 0.1) is 0 Å². The number of hydrogen-bond acceptors (Lipinski definition) is 6. The fraction of sp³-hybridized carbons (Fsp3) is 0.753. The second-order valence-corrected chi connectivity index (χ2v) is 23.8. The lowest BCUT2D eigenvalue weighted by Crippen LogP contribution is -2.30. The van der Waals surface area contributed by atoms with Gasteiger partial charge in [-0.2, -0.15) is 0 Å². The average molecular weight is 1160 g/mol. The van der Waals surface area contributed by atoms with Gasteiger partial charge in [-0.1, -0.05) is 330 Å². The molecule has 1 unspecified atom stereocenters. The number of carbonyl (C=O) groups is 3. The standard InChI is InChI=1S/C77H134O6/c1-4-7-10-13-16-19-22-25-28-29-30-31-32-33-34-35-36-37-38-39-40-41-42-43-44-45-46-47-50-52-55-58-61-64-67-70-76(79)82-73-74(83-77(80)71-68-65-62-59-56-53-49-27-24-21-18-15-12-9-6-3)72-81-75(78)69-66-63-60-57-54-51-48-26-23-20-17-14-11-8-5-2/h7,10,16,18-19,21,25,27-28,30-31,33-34,36-37,49,74H,4-6,8-9,11-15,17,20,22-24,26,29,32,35,38-48,50-73H2,1-3H3/b10-7-,19-16-,21-18-,28-25-,31-30-,34-33-,37-36-,49-27-. The third-order valence-corrected chi connectivity index (χ3v) is 15.6. The van der Waals surface area contributed by atoms with Gasteiger partial charge in [-0.3, -0.25) is 14.4 Å². The van der Waals surface area contributed by atoms with Crippen molar-refractivity contribution in [3.05, 3.63) is 97.2 Å². The summed E-state index contributed by atoms with van der Waals surface area (Å²) in [5, 5.41) is 0. The van der Waals surface area contributed by atoms with Gasteiger partial charge in [0.2, 0.25) is 0 Å². The van der Waals surface area contributed by atoms with Gasteiger partial charge in [0.1, 0.15) is 13.2 Å². The average Bonchev–Trinajstić information content (AvgIpc) is 3.49. The molecule has 0 bridgehead atoms. The van der Waals surface area contributed by atoms with Gasteiger partial charge in [0.15, 0.2) is 6.10 Å². The van der Waals surface area contributed by atoms with Crippen LogP contribution >= 0.6 is 0 Å². The Morgan fingerprint density at radius 2 is 0.470 bits per heavy atom. The molecule has 0 aliphatic rings. The van der Waals surface area contributed by atoms with Gasteiger partial charge < -0.3 is 14.2 Å². The Labute approximate surface area is 515 Å². The molecule has 0 saturated heterocycles. The molecule has 0 N–H and O–H groups in total. The van der Waals surface area contributed by atoms with Gasteiger partial charge in [-0.05, 0) is 103 Å². The molecule has 0 amide bonds. The van der Waals surface area contributed by atoms with Gasteiger partial charge in [-0.15, -0.1) is 0 Å². The molecule has 0 aliphatic heterocycles. The zero-order valence-corrected chi connectivity index (χ0v) is 54.9. The molecule has 0 spiro atoms. The van der Waals surface area contributed by atoms with Crippen molar-refractivity contribution >= 4 is 17.9 Å². The van der Waals surface area contributed by atoms with Gasteiger partial charge in [-0.25, -0.2) is 0 Å². The molecule has 0 heterocycles. The van der Waals surface area contributed by atoms with E-state index in [1.807, 2.05) is 0 Å². The van der Waals surface area contributed by atoms with Gasteiger partial charge in [0, 0.05) is 19.3 Å². The summed E-state index contributed by atoms with van der Waals surface area (Å²) in [6.45, 7) is 6.53. The number of carbonyl (C=O) groups excluding carboxylic acids is 3. The molecule has 0 fully saturated rings. The Morgan fingerprint density at radius 1 is 0.253 bits per heavy atom. The fourth-order valence-corrected chi connectivity index (χ4v) is 10.2. The maximum atomic E-state index is 12.9. The van der Waals surface area contributed by atoms with E-state index in [2.05, 4.69) is 118 Å². The monoisotopic (exact) mass is 1160 g/mol. The zero-order chi connectivity index (χ0) is 59.9. The van der Waals surface area contributed by atoms with E-state index < -0.39 is 6.10 Å². The Morgan fingerprint density at radius 3 is 0.759 bits per heavy atom. The Kier molecular flexibility index (Phi) is 67.7. The van der Waals surface area contributed by atoms with Gasteiger partial charge in [0.25, 0.3) is 0 Å². The number of ether oxygens (including phenoxy) is 3. The van der Waals surface area contributed by atoms with Crippen molar-refractivity contribution in [1.82, 2.24) is 0 Å². The quantitative estimate of drug-likeness (QED) is 0.0261. The lowest BCUT2D eigenvalue weighted by Gasteiger charge is -2.18. The summed E-state index contributed by atoms with van der Waals surface area (Å²) in [5.41, 5.74) is 0. The smallest absolute Gasteiger partial charge is 0.306 e. The van der Waals surface area contributed by atoms with Gasteiger partial charge >= 0.3 is 17.9 Å². The molecule has 0 aromatic heterocycles. The largest absolute Gasteiger partial charge is 0.462 e. The normalized spacial score (nSPS) is 12.7. The highest BCUT2D eigenvalue weighted by Crippen LogP contribution is 2.18. The molecule has 0 saturated carbocycles. The Hall–Kier alpha value is -3.67. The van der Waals surface area contributed by atoms with Crippen LogP contribution in [0.1, 0.15) is 355 Å². The molecule has 0 aliphatic carbocycles. The van der Waals surface area contributed by atoms with Crippen LogP contribution in [-0.2, 0) is 28.6 Å². The van der Waals surface area contributed by atoms with Crippen molar-refractivity contribution in [2.45, 2.75) is 361 Å². The van der Waals surface area contributed by atoms with Crippen LogP contribution in [0.5, 0.6) is 0 Å². The summed E-state index contributed by atoms with van der Waals surface area (Å²) in [6.07, 6.45) is 95.8. The summed E-state index contributed by atoms with van der Waals surface area (Å²) < 4.78 is 17.0. The fourth-order valence-electron chi connectivity index (χ4n) is 10.2. The number of rotatable bonds is 65. The van der Waals surface area contributed by atoms with Crippen molar-refractivity contribution in [2.24, 2.45) is 0 Å². The summed E-state index contributed by atoms with van der Waals surface area (Å²) >= 11 is 0. The molecule has 0 aromatic rings. The Balaban J connectivity index is 4.16. The first-order valence-electron chi connectivity index (χ1n) is 35.7. The van der Waals surface area contributed by atoms with E-state index in [9.17, 15) is 14.4 Å². The van der Waals surface area contributed by atoms with E-state index in [0.29, 0.717) is 19.3 Å². The van der Waals surface area contributed by atoms with E-state index in [4.69, 9.17) is 14.2 Å². The van der Waals surface area contributed by atoms with E-state index in [1.165, 1.54) is 193 Å². The van der Waals surface area contributed by atoms with Crippen LogP contribution < -0.4 is 0 Å². The highest BCUT2D eigenvalue weighted by Gasteiger charge is 2.19. The zero-order valence-electron chi connectivity index (χ0n) is 54.9. The van der Waals surface area contributed by atoms with Crippen molar-refractivity contribution in [3.63, 3.8) is 0 Å². The second-order valence-electron chi connectivity index (χ2n) is 23.8. The Bertz CT molecular complexity index is 1610. The highest BCUT2D eigenvalue weighted by atomic mass is 16.6. The molecular weight excluding hydrogens is 1020 g/mol. The molecule has 0 rings (SSSR count). The van der Waals surface area contributed by atoms with Crippen molar-refractivity contribution < 1.29 is 28.6 Å².